The van der Waals surface area contributed by atoms with Crippen molar-refractivity contribution >= 4 is 17.3 Å². The summed E-state index contributed by atoms with van der Waals surface area (Å²) in [5.74, 6) is 0. The normalized spacial score (nSPS) is 11.6. The van der Waals surface area contributed by atoms with Crippen molar-refractivity contribution in [3.63, 3.8) is 0 Å². The molecule has 7 heteroatoms. The fourth-order valence-electron chi connectivity index (χ4n) is 1.77. The average molecular weight is 304 g/mol. The Balaban J connectivity index is 1.91. The lowest BCUT2D eigenvalue weighted by Gasteiger charge is -2.11. The summed E-state index contributed by atoms with van der Waals surface area (Å²) in [5.41, 5.74) is -0.377. The summed E-state index contributed by atoms with van der Waals surface area (Å²) in [6, 6.07) is 3.45. The third-order valence-corrected chi connectivity index (χ3v) is 2.92. The molecule has 0 fully saturated rings. The molecule has 1 aromatic heterocycles. The van der Waals surface area contributed by atoms with Crippen molar-refractivity contribution in [2.75, 3.05) is 11.9 Å². The number of hydrogen-bond donors (Lipinski definition) is 1. The van der Waals surface area contributed by atoms with Crippen LogP contribution in [0.1, 0.15) is 12.0 Å². The van der Waals surface area contributed by atoms with Gasteiger partial charge in [0.2, 0.25) is 0 Å². The van der Waals surface area contributed by atoms with Crippen LogP contribution in [0.5, 0.6) is 0 Å². The van der Waals surface area contributed by atoms with E-state index in [4.69, 9.17) is 11.6 Å². The number of nitrogens with one attached hydrogen (secondary N) is 1. The van der Waals surface area contributed by atoms with E-state index in [9.17, 15) is 13.2 Å². The summed E-state index contributed by atoms with van der Waals surface area (Å²) in [6.07, 6.45) is 1.59. The van der Waals surface area contributed by atoms with E-state index in [1.54, 1.807) is 12.5 Å². The molecule has 0 radical (unpaired) electrons. The molecular formula is C13H13ClF3N3. The zero-order valence-electron chi connectivity index (χ0n) is 10.5. The number of nitrogens with zero attached hydrogens (tertiary/aromatic N) is 2. The third kappa shape index (κ3) is 4.16. The lowest BCUT2D eigenvalue weighted by atomic mass is 10.2. The van der Waals surface area contributed by atoms with Crippen LogP contribution < -0.4 is 5.32 Å². The molecule has 3 nitrogen and oxygen atoms in total. The number of halogens is 4. The van der Waals surface area contributed by atoms with Crippen molar-refractivity contribution in [1.82, 2.24) is 9.55 Å². The van der Waals surface area contributed by atoms with Gasteiger partial charge in [0.25, 0.3) is 0 Å². The second-order valence-corrected chi connectivity index (χ2v) is 4.74. The highest BCUT2D eigenvalue weighted by atomic mass is 35.5. The van der Waals surface area contributed by atoms with E-state index in [2.05, 4.69) is 10.3 Å². The van der Waals surface area contributed by atoms with Gasteiger partial charge in [0.15, 0.2) is 0 Å². The van der Waals surface area contributed by atoms with Gasteiger partial charge < -0.3 is 9.88 Å². The van der Waals surface area contributed by atoms with E-state index in [1.807, 2.05) is 10.8 Å². The summed E-state index contributed by atoms with van der Waals surface area (Å²) in [5, 5.41) is 3.01. The maximum atomic E-state index is 12.6. The molecule has 0 saturated carbocycles. The number of imidazole rings is 1. The smallest absolute Gasteiger partial charge is 0.385 e. The Kier molecular flexibility index (Phi) is 4.54. The van der Waals surface area contributed by atoms with Crippen LogP contribution in [0.2, 0.25) is 5.02 Å². The summed E-state index contributed by atoms with van der Waals surface area (Å²) < 4.78 is 39.8. The van der Waals surface area contributed by atoms with E-state index in [0.717, 1.165) is 25.1 Å². The molecule has 2 rings (SSSR count). The first-order chi connectivity index (χ1) is 9.45. The zero-order valence-corrected chi connectivity index (χ0v) is 11.2. The van der Waals surface area contributed by atoms with Crippen molar-refractivity contribution in [1.29, 1.82) is 0 Å². The number of aromatic nitrogens is 2. The van der Waals surface area contributed by atoms with Gasteiger partial charge >= 0.3 is 6.18 Å². The van der Waals surface area contributed by atoms with Crippen molar-refractivity contribution in [2.45, 2.75) is 19.1 Å². The first-order valence-corrected chi connectivity index (χ1v) is 6.40. The predicted molar refractivity (Wildman–Crippen MR) is 71.8 cm³/mol. The molecule has 0 bridgehead atoms. The van der Waals surface area contributed by atoms with Gasteiger partial charge in [-0.3, -0.25) is 0 Å². The van der Waals surface area contributed by atoms with Crippen LogP contribution in [0.15, 0.2) is 36.9 Å². The molecule has 0 amide bonds. The average Bonchev–Trinajstić information content (AvgIpc) is 2.86. The Morgan fingerprint density at radius 3 is 2.70 bits per heavy atom. The first-order valence-electron chi connectivity index (χ1n) is 6.02. The van der Waals surface area contributed by atoms with Crippen LogP contribution >= 0.6 is 11.6 Å². The molecule has 0 spiro atoms. The number of hydrogen-bond acceptors (Lipinski definition) is 2. The van der Waals surface area contributed by atoms with Gasteiger partial charge in [0.1, 0.15) is 0 Å². The fourth-order valence-corrected chi connectivity index (χ4v) is 2.00. The molecule has 1 heterocycles. The van der Waals surface area contributed by atoms with Gasteiger partial charge in [0, 0.05) is 36.2 Å². The largest absolute Gasteiger partial charge is 0.416 e. The second-order valence-electron chi connectivity index (χ2n) is 4.31. The Morgan fingerprint density at radius 1 is 1.25 bits per heavy atom. The molecule has 2 aromatic rings. The molecule has 108 valence electrons. The summed E-state index contributed by atoms with van der Waals surface area (Å²) in [7, 11) is 0. The van der Waals surface area contributed by atoms with E-state index in [0.29, 0.717) is 12.2 Å². The molecule has 0 atom stereocenters. The van der Waals surface area contributed by atoms with Crippen molar-refractivity contribution in [3.05, 3.63) is 47.5 Å². The van der Waals surface area contributed by atoms with Crippen LogP contribution in [-0.4, -0.2) is 16.1 Å². The van der Waals surface area contributed by atoms with Crippen LogP contribution in [-0.2, 0) is 12.7 Å². The van der Waals surface area contributed by atoms with Crippen molar-refractivity contribution in [2.24, 2.45) is 0 Å². The van der Waals surface area contributed by atoms with Crippen molar-refractivity contribution in [3.8, 4) is 0 Å². The highest BCUT2D eigenvalue weighted by molar-refractivity contribution is 6.30. The molecule has 1 aromatic carbocycles. The number of rotatable bonds is 5. The monoisotopic (exact) mass is 303 g/mol. The Morgan fingerprint density at radius 2 is 2.05 bits per heavy atom. The van der Waals surface area contributed by atoms with E-state index >= 15 is 0 Å². The Bertz CT molecular complexity index is 552. The van der Waals surface area contributed by atoms with Gasteiger partial charge in [-0.15, -0.1) is 0 Å². The summed E-state index contributed by atoms with van der Waals surface area (Å²) in [6.45, 7) is 1.30. The van der Waals surface area contributed by atoms with E-state index in [-0.39, 0.29) is 5.02 Å². The van der Waals surface area contributed by atoms with Crippen LogP contribution in [0.25, 0.3) is 0 Å². The topological polar surface area (TPSA) is 29.9 Å². The molecule has 0 aliphatic rings. The number of anilines is 1. The molecule has 20 heavy (non-hydrogen) atoms. The quantitative estimate of drug-likeness (QED) is 0.844. The van der Waals surface area contributed by atoms with E-state index in [1.165, 1.54) is 6.07 Å². The molecule has 0 saturated heterocycles. The van der Waals surface area contributed by atoms with Gasteiger partial charge in [-0.2, -0.15) is 13.2 Å². The third-order valence-electron chi connectivity index (χ3n) is 2.71. The minimum absolute atomic E-state index is 0.0666. The lowest BCUT2D eigenvalue weighted by Crippen LogP contribution is -2.08. The number of benzene rings is 1. The summed E-state index contributed by atoms with van der Waals surface area (Å²) in [4.78, 5) is 3.91. The predicted octanol–water partition coefficient (Wildman–Crippen LogP) is 4.06. The number of alkyl halides is 3. The standard InChI is InChI=1S/C13H13ClF3N3/c14-11-6-10(13(15,16)17)7-12(8-11)19-2-1-4-20-5-3-18-9-20/h3,5-9,19H,1-2,4H2. The lowest BCUT2D eigenvalue weighted by molar-refractivity contribution is -0.137. The number of aryl methyl sites for hydroxylation is 1. The molecule has 0 unspecified atom stereocenters. The maximum absolute atomic E-state index is 12.6. The Hall–Kier alpha value is -1.69. The minimum Gasteiger partial charge on any atom is -0.385 e. The second kappa shape index (κ2) is 6.17. The van der Waals surface area contributed by atoms with Gasteiger partial charge in [0.05, 0.1) is 11.9 Å². The van der Waals surface area contributed by atoms with Crippen molar-refractivity contribution < 1.29 is 13.2 Å². The highest BCUT2D eigenvalue weighted by Crippen LogP contribution is 2.33. The van der Waals surface area contributed by atoms with Crippen LogP contribution in [0, 0.1) is 0 Å². The molecule has 1 N–H and O–H groups in total. The molecule has 0 aliphatic carbocycles. The maximum Gasteiger partial charge on any atom is 0.416 e. The first kappa shape index (κ1) is 14.7. The van der Waals surface area contributed by atoms with Crippen LogP contribution in [0.4, 0.5) is 18.9 Å². The zero-order chi connectivity index (χ0) is 14.6. The van der Waals surface area contributed by atoms with Gasteiger partial charge in [-0.1, -0.05) is 11.6 Å². The van der Waals surface area contributed by atoms with E-state index < -0.39 is 11.7 Å². The van der Waals surface area contributed by atoms with Gasteiger partial charge in [-0.25, -0.2) is 4.98 Å². The highest BCUT2D eigenvalue weighted by Gasteiger charge is 2.31. The van der Waals surface area contributed by atoms with Gasteiger partial charge in [-0.05, 0) is 24.6 Å². The molecular weight excluding hydrogens is 291 g/mol. The summed E-state index contributed by atoms with van der Waals surface area (Å²) >= 11 is 5.70. The SMILES string of the molecule is FC(F)(F)c1cc(Cl)cc(NCCCn2ccnc2)c1. The fraction of sp³-hybridized carbons (Fsp3) is 0.308. The Labute approximate surface area is 119 Å². The molecule has 0 aliphatic heterocycles. The van der Waals surface area contributed by atoms with Crippen LogP contribution in [0.3, 0.4) is 0 Å². The minimum atomic E-state index is -4.39.